The molecule has 0 radical (unpaired) electrons. The zero-order valence-electron chi connectivity index (χ0n) is 11.5. The maximum absolute atomic E-state index is 12.1. The van der Waals surface area contributed by atoms with Crippen molar-refractivity contribution in [2.75, 3.05) is 6.54 Å². The molecule has 2 aromatic carbocycles. The molecule has 0 unspecified atom stereocenters. The quantitative estimate of drug-likeness (QED) is 0.635. The molecule has 3 rings (SSSR count). The van der Waals surface area contributed by atoms with Gasteiger partial charge in [-0.15, -0.1) is 12.6 Å². The molecule has 2 N–H and O–H groups in total. The summed E-state index contributed by atoms with van der Waals surface area (Å²) in [7, 11) is 0. The van der Waals surface area contributed by atoms with Crippen LogP contribution in [0.25, 0.3) is 10.9 Å². The highest BCUT2D eigenvalue weighted by Gasteiger charge is 2.07. The van der Waals surface area contributed by atoms with Crippen LogP contribution in [-0.2, 0) is 6.42 Å². The predicted octanol–water partition coefficient (Wildman–Crippen LogP) is 3.43. The van der Waals surface area contributed by atoms with E-state index in [9.17, 15) is 4.79 Å². The van der Waals surface area contributed by atoms with Gasteiger partial charge in [0.15, 0.2) is 0 Å². The maximum Gasteiger partial charge on any atom is 0.252 e. The normalized spacial score (nSPS) is 10.7. The lowest BCUT2D eigenvalue weighted by molar-refractivity contribution is 0.0951. The van der Waals surface area contributed by atoms with E-state index in [2.05, 4.69) is 47.2 Å². The fraction of sp³-hybridized carbons (Fsp3) is 0.118. The Labute approximate surface area is 128 Å². The summed E-state index contributed by atoms with van der Waals surface area (Å²) in [5, 5.41) is 4.13. The molecule has 1 amide bonds. The summed E-state index contributed by atoms with van der Waals surface area (Å²) in [5.74, 6) is -0.0803. The van der Waals surface area contributed by atoms with Gasteiger partial charge in [0.25, 0.3) is 5.91 Å². The number of rotatable bonds is 4. The Morgan fingerprint density at radius 3 is 2.86 bits per heavy atom. The van der Waals surface area contributed by atoms with Crippen LogP contribution in [0, 0.1) is 0 Å². The van der Waals surface area contributed by atoms with Gasteiger partial charge in [0.1, 0.15) is 0 Å². The fourth-order valence-electron chi connectivity index (χ4n) is 2.34. The number of H-pyrrole nitrogens is 1. The van der Waals surface area contributed by atoms with Gasteiger partial charge < -0.3 is 10.3 Å². The number of benzene rings is 2. The first kappa shape index (κ1) is 13.8. The Hall–Kier alpha value is -2.20. The first-order chi connectivity index (χ1) is 10.2. The van der Waals surface area contributed by atoms with E-state index in [-0.39, 0.29) is 5.91 Å². The molecular formula is C17H16N2OS. The van der Waals surface area contributed by atoms with Gasteiger partial charge >= 0.3 is 0 Å². The van der Waals surface area contributed by atoms with Crippen molar-refractivity contribution in [3.05, 3.63) is 65.9 Å². The smallest absolute Gasteiger partial charge is 0.252 e. The van der Waals surface area contributed by atoms with Gasteiger partial charge in [0.05, 0.1) is 5.56 Å². The largest absolute Gasteiger partial charge is 0.361 e. The van der Waals surface area contributed by atoms with Gasteiger partial charge in [-0.3, -0.25) is 4.79 Å². The van der Waals surface area contributed by atoms with E-state index in [1.807, 2.05) is 24.4 Å². The molecule has 0 saturated carbocycles. The molecule has 0 aliphatic heterocycles. The van der Waals surface area contributed by atoms with Crippen LogP contribution in [0.5, 0.6) is 0 Å². The number of fused-ring (bicyclic) bond motifs is 1. The summed E-state index contributed by atoms with van der Waals surface area (Å²) >= 11 is 4.30. The molecule has 0 aliphatic rings. The minimum absolute atomic E-state index is 0.0803. The standard InChI is InChI=1S/C17H16N2OS/c20-17(14-3-1-2-4-16(14)21)19-9-7-12-5-6-15-13(11-12)8-10-18-15/h1-6,8,10-11,18,21H,7,9H2,(H,19,20). The van der Waals surface area contributed by atoms with E-state index in [1.165, 1.54) is 10.9 Å². The molecule has 106 valence electrons. The topological polar surface area (TPSA) is 44.9 Å². The van der Waals surface area contributed by atoms with Gasteiger partial charge in [0.2, 0.25) is 0 Å². The third-order valence-corrected chi connectivity index (χ3v) is 3.86. The number of carbonyl (C=O) groups is 1. The lowest BCUT2D eigenvalue weighted by Gasteiger charge is -2.07. The molecule has 1 aromatic heterocycles. The van der Waals surface area contributed by atoms with Crippen LogP contribution in [0.4, 0.5) is 0 Å². The Balaban J connectivity index is 1.60. The molecule has 0 spiro atoms. The van der Waals surface area contributed by atoms with Crippen molar-refractivity contribution in [3.8, 4) is 0 Å². The number of nitrogens with one attached hydrogen (secondary N) is 2. The highest BCUT2D eigenvalue weighted by molar-refractivity contribution is 7.80. The van der Waals surface area contributed by atoms with Crippen LogP contribution in [0.3, 0.4) is 0 Å². The second-order valence-electron chi connectivity index (χ2n) is 4.92. The summed E-state index contributed by atoms with van der Waals surface area (Å²) in [6.45, 7) is 0.608. The number of hydrogen-bond donors (Lipinski definition) is 3. The summed E-state index contributed by atoms with van der Waals surface area (Å²) in [5.41, 5.74) is 2.95. The van der Waals surface area contributed by atoms with Crippen LogP contribution in [0.1, 0.15) is 15.9 Å². The first-order valence-electron chi connectivity index (χ1n) is 6.86. The maximum atomic E-state index is 12.1. The van der Waals surface area contributed by atoms with Crippen molar-refractivity contribution in [1.29, 1.82) is 0 Å². The summed E-state index contributed by atoms with van der Waals surface area (Å²) in [6.07, 6.45) is 2.74. The van der Waals surface area contributed by atoms with Crippen molar-refractivity contribution < 1.29 is 4.79 Å². The minimum atomic E-state index is -0.0803. The van der Waals surface area contributed by atoms with Crippen LogP contribution in [0.2, 0.25) is 0 Å². The molecular weight excluding hydrogens is 280 g/mol. The SMILES string of the molecule is O=C(NCCc1ccc2[nH]ccc2c1)c1ccccc1S. The molecule has 0 saturated heterocycles. The number of aromatic nitrogens is 1. The number of thiol groups is 1. The molecule has 0 bridgehead atoms. The Morgan fingerprint density at radius 2 is 2.00 bits per heavy atom. The van der Waals surface area contributed by atoms with E-state index in [1.54, 1.807) is 6.07 Å². The number of hydrogen-bond acceptors (Lipinski definition) is 2. The second kappa shape index (κ2) is 6.06. The summed E-state index contributed by atoms with van der Waals surface area (Å²) in [6, 6.07) is 15.6. The second-order valence-corrected chi connectivity index (χ2v) is 5.40. The van der Waals surface area contributed by atoms with Gasteiger partial charge in [-0.25, -0.2) is 0 Å². The van der Waals surface area contributed by atoms with E-state index < -0.39 is 0 Å². The average molecular weight is 296 g/mol. The summed E-state index contributed by atoms with van der Waals surface area (Å²) < 4.78 is 0. The van der Waals surface area contributed by atoms with E-state index >= 15 is 0 Å². The molecule has 0 aliphatic carbocycles. The van der Waals surface area contributed by atoms with Crippen molar-refractivity contribution in [2.24, 2.45) is 0 Å². The van der Waals surface area contributed by atoms with E-state index in [4.69, 9.17) is 0 Å². The molecule has 1 heterocycles. The van der Waals surface area contributed by atoms with E-state index in [0.717, 1.165) is 11.9 Å². The zero-order chi connectivity index (χ0) is 14.7. The fourth-order valence-corrected chi connectivity index (χ4v) is 2.60. The highest BCUT2D eigenvalue weighted by Crippen LogP contribution is 2.15. The molecule has 3 nitrogen and oxygen atoms in total. The van der Waals surface area contributed by atoms with Crippen LogP contribution < -0.4 is 5.32 Å². The zero-order valence-corrected chi connectivity index (χ0v) is 12.4. The van der Waals surface area contributed by atoms with Crippen molar-refractivity contribution in [2.45, 2.75) is 11.3 Å². The minimum Gasteiger partial charge on any atom is -0.361 e. The van der Waals surface area contributed by atoms with Gasteiger partial charge in [0, 0.05) is 23.2 Å². The van der Waals surface area contributed by atoms with Crippen molar-refractivity contribution in [3.63, 3.8) is 0 Å². The van der Waals surface area contributed by atoms with Crippen molar-refractivity contribution in [1.82, 2.24) is 10.3 Å². The predicted molar refractivity (Wildman–Crippen MR) is 88.0 cm³/mol. The average Bonchev–Trinajstić information content (AvgIpc) is 2.95. The van der Waals surface area contributed by atoms with Crippen LogP contribution >= 0.6 is 12.6 Å². The van der Waals surface area contributed by atoms with Gasteiger partial charge in [-0.05, 0) is 47.7 Å². The molecule has 3 aromatic rings. The van der Waals surface area contributed by atoms with Gasteiger partial charge in [-0.1, -0.05) is 18.2 Å². The molecule has 21 heavy (non-hydrogen) atoms. The van der Waals surface area contributed by atoms with Gasteiger partial charge in [-0.2, -0.15) is 0 Å². The third kappa shape index (κ3) is 3.11. The van der Waals surface area contributed by atoms with E-state index in [0.29, 0.717) is 17.0 Å². The monoisotopic (exact) mass is 296 g/mol. The number of aromatic amines is 1. The Kier molecular flexibility index (Phi) is 3.97. The van der Waals surface area contributed by atoms with Crippen LogP contribution in [-0.4, -0.2) is 17.4 Å². The third-order valence-electron chi connectivity index (χ3n) is 3.47. The molecule has 4 heteroatoms. The summed E-state index contributed by atoms with van der Waals surface area (Å²) in [4.78, 5) is 15.9. The van der Waals surface area contributed by atoms with Crippen molar-refractivity contribution >= 4 is 29.4 Å². The Morgan fingerprint density at radius 1 is 1.14 bits per heavy atom. The highest BCUT2D eigenvalue weighted by atomic mass is 32.1. The number of amides is 1. The lowest BCUT2D eigenvalue weighted by atomic mass is 10.1. The first-order valence-corrected chi connectivity index (χ1v) is 7.31. The van der Waals surface area contributed by atoms with Crippen LogP contribution in [0.15, 0.2) is 59.6 Å². The Bertz CT molecular complexity index is 779. The molecule has 0 atom stereocenters. The molecule has 0 fully saturated rings. The number of carbonyl (C=O) groups excluding carboxylic acids is 1. The lowest BCUT2D eigenvalue weighted by Crippen LogP contribution is -2.26.